The van der Waals surface area contributed by atoms with Crippen LogP contribution in [0.25, 0.3) is 16.3 Å². The minimum Gasteiger partial charge on any atom is -0.322 e. The molecule has 4 aromatic rings. The van der Waals surface area contributed by atoms with Gasteiger partial charge in [0.1, 0.15) is 0 Å². The van der Waals surface area contributed by atoms with Crippen molar-refractivity contribution in [3.05, 3.63) is 126 Å². The number of aryl methyl sites for hydroxylation is 2. The van der Waals surface area contributed by atoms with Crippen LogP contribution in [0.4, 0.5) is 5.69 Å². The lowest BCUT2D eigenvalue weighted by Crippen LogP contribution is -2.08. The normalized spacial score (nSPS) is 10.9. The van der Waals surface area contributed by atoms with E-state index in [0.29, 0.717) is 0 Å². The molecule has 0 saturated carbocycles. The first-order valence-electron chi connectivity index (χ1n) is 10.3. The topological polar surface area (TPSA) is 42.0 Å². The summed E-state index contributed by atoms with van der Waals surface area (Å²) in [4.78, 5) is 16.7. The Morgan fingerprint density at radius 2 is 1.52 bits per heavy atom. The Balaban J connectivity index is 1.63. The Labute approximate surface area is 182 Å². The van der Waals surface area contributed by atoms with Crippen molar-refractivity contribution in [2.24, 2.45) is 0 Å². The number of nitrogens with one attached hydrogen (secondary N) is 1. The summed E-state index contributed by atoms with van der Waals surface area (Å²) in [7, 11) is 0. The number of hydrogen-bond acceptors (Lipinski definition) is 2. The SMILES string of the molecule is Cc1ccccc1C(=CC=CC(=O)Nc1cccc2cnccc12)c1ccccc1C. The zero-order valence-electron chi connectivity index (χ0n) is 17.7. The standard InChI is InChI=1S/C28H24N2O/c1-20-9-3-5-12-23(20)26(24-13-6-4-10-21(24)2)14-8-16-28(31)30-27-15-7-11-22-19-29-18-17-25(22)27/h3-19H,1-2H3,(H,30,31). The minimum atomic E-state index is -0.172. The van der Waals surface area contributed by atoms with Gasteiger partial charge in [-0.1, -0.05) is 72.8 Å². The molecule has 0 aliphatic rings. The maximum atomic E-state index is 12.6. The summed E-state index contributed by atoms with van der Waals surface area (Å²) in [6.45, 7) is 4.21. The second-order valence-electron chi connectivity index (χ2n) is 7.46. The third-order valence-corrected chi connectivity index (χ3v) is 5.32. The number of amides is 1. The Bertz CT molecular complexity index is 1250. The van der Waals surface area contributed by atoms with Crippen LogP contribution in [-0.4, -0.2) is 10.9 Å². The van der Waals surface area contributed by atoms with Gasteiger partial charge in [-0.2, -0.15) is 0 Å². The van der Waals surface area contributed by atoms with Gasteiger partial charge in [-0.25, -0.2) is 0 Å². The van der Waals surface area contributed by atoms with Crippen LogP contribution in [0.3, 0.4) is 0 Å². The van der Waals surface area contributed by atoms with Crippen LogP contribution in [-0.2, 0) is 4.79 Å². The number of carbonyl (C=O) groups excluding carboxylic acids is 1. The number of pyridine rings is 1. The average Bonchev–Trinajstić information content (AvgIpc) is 2.78. The van der Waals surface area contributed by atoms with Crippen molar-refractivity contribution in [3.63, 3.8) is 0 Å². The van der Waals surface area contributed by atoms with Crippen molar-refractivity contribution >= 4 is 27.9 Å². The first-order valence-corrected chi connectivity index (χ1v) is 10.3. The van der Waals surface area contributed by atoms with Crippen LogP contribution in [0.2, 0.25) is 0 Å². The Hall–Kier alpha value is -3.98. The Kier molecular flexibility index (Phi) is 6.04. The van der Waals surface area contributed by atoms with E-state index in [4.69, 9.17) is 0 Å². The molecule has 152 valence electrons. The molecule has 0 fully saturated rings. The Morgan fingerprint density at radius 3 is 2.19 bits per heavy atom. The zero-order valence-corrected chi connectivity index (χ0v) is 17.7. The second kappa shape index (κ2) is 9.23. The number of carbonyl (C=O) groups is 1. The predicted molar refractivity (Wildman–Crippen MR) is 129 cm³/mol. The molecule has 3 aromatic carbocycles. The fourth-order valence-electron chi connectivity index (χ4n) is 3.71. The van der Waals surface area contributed by atoms with Crippen molar-refractivity contribution in [1.29, 1.82) is 0 Å². The van der Waals surface area contributed by atoms with Gasteiger partial charge in [0.15, 0.2) is 0 Å². The number of fused-ring (bicyclic) bond motifs is 1. The molecule has 0 unspecified atom stereocenters. The molecule has 0 aliphatic carbocycles. The summed E-state index contributed by atoms with van der Waals surface area (Å²) in [6.07, 6.45) is 8.91. The average molecular weight is 405 g/mol. The monoisotopic (exact) mass is 404 g/mol. The van der Waals surface area contributed by atoms with Gasteiger partial charge in [0, 0.05) is 34.9 Å². The molecule has 3 heteroatoms. The number of anilines is 1. The van der Waals surface area contributed by atoms with E-state index < -0.39 is 0 Å². The van der Waals surface area contributed by atoms with Gasteiger partial charge in [0.05, 0.1) is 0 Å². The molecule has 31 heavy (non-hydrogen) atoms. The van der Waals surface area contributed by atoms with Gasteiger partial charge in [-0.15, -0.1) is 0 Å². The van der Waals surface area contributed by atoms with Crippen molar-refractivity contribution in [2.45, 2.75) is 13.8 Å². The summed E-state index contributed by atoms with van der Waals surface area (Å²) in [5.41, 5.74) is 6.57. The second-order valence-corrected chi connectivity index (χ2v) is 7.46. The van der Waals surface area contributed by atoms with E-state index in [0.717, 1.165) is 33.2 Å². The first kappa shape index (κ1) is 20.3. The lowest BCUT2D eigenvalue weighted by atomic mass is 9.91. The van der Waals surface area contributed by atoms with Gasteiger partial charge in [-0.05, 0) is 53.8 Å². The van der Waals surface area contributed by atoms with Gasteiger partial charge in [0.2, 0.25) is 5.91 Å². The highest BCUT2D eigenvalue weighted by Gasteiger charge is 2.09. The van der Waals surface area contributed by atoms with E-state index in [1.807, 2.05) is 60.7 Å². The van der Waals surface area contributed by atoms with Crippen molar-refractivity contribution in [3.8, 4) is 0 Å². The van der Waals surface area contributed by atoms with Crippen LogP contribution in [0.1, 0.15) is 22.3 Å². The highest BCUT2D eigenvalue weighted by molar-refractivity contribution is 6.06. The predicted octanol–water partition coefficient (Wildman–Crippen LogP) is 6.48. The quantitative estimate of drug-likeness (QED) is 0.306. The molecule has 0 spiro atoms. The lowest BCUT2D eigenvalue weighted by molar-refractivity contribution is -0.111. The lowest BCUT2D eigenvalue weighted by Gasteiger charge is -2.13. The molecule has 4 rings (SSSR count). The largest absolute Gasteiger partial charge is 0.322 e. The summed E-state index contributed by atoms with van der Waals surface area (Å²) < 4.78 is 0. The van der Waals surface area contributed by atoms with Crippen LogP contribution >= 0.6 is 0 Å². The van der Waals surface area contributed by atoms with Gasteiger partial charge < -0.3 is 5.32 Å². The van der Waals surface area contributed by atoms with Crippen molar-refractivity contribution in [2.75, 3.05) is 5.32 Å². The number of allylic oxidation sites excluding steroid dienone is 2. The molecule has 0 saturated heterocycles. The van der Waals surface area contributed by atoms with E-state index in [-0.39, 0.29) is 5.91 Å². The van der Waals surface area contributed by atoms with Crippen LogP contribution in [0, 0.1) is 13.8 Å². The summed E-state index contributed by atoms with van der Waals surface area (Å²) in [5.74, 6) is -0.172. The van der Waals surface area contributed by atoms with E-state index in [1.54, 1.807) is 18.5 Å². The molecule has 0 bridgehead atoms. The highest BCUT2D eigenvalue weighted by Crippen LogP contribution is 2.28. The van der Waals surface area contributed by atoms with Gasteiger partial charge in [-0.3, -0.25) is 9.78 Å². The third-order valence-electron chi connectivity index (χ3n) is 5.32. The molecule has 0 atom stereocenters. The molecule has 1 heterocycles. The number of aromatic nitrogens is 1. The smallest absolute Gasteiger partial charge is 0.248 e. The fourth-order valence-corrected chi connectivity index (χ4v) is 3.71. The molecule has 3 nitrogen and oxygen atoms in total. The fraction of sp³-hybridized carbons (Fsp3) is 0.0714. The number of nitrogens with zero attached hydrogens (tertiary/aromatic N) is 1. The molecule has 1 N–H and O–H groups in total. The maximum Gasteiger partial charge on any atom is 0.248 e. The number of rotatable bonds is 5. The summed E-state index contributed by atoms with van der Waals surface area (Å²) >= 11 is 0. The molecular weight excluding hydrogens is 380 g/mol. The molecular formula is C28H24N2O. The first-order chi connectivity index (χ1) is 15.1. The van der Waals surface area contributed by atoms with Crippen molar-refractivity contribution in [1.82, 2.24) is 4.98 Å². The van der Waals surface area contributed by atoms with Crippen LogP contribution < -0.4 is 5.32 Å². The molecule has 1 amide bonds. The maximum absolute atomic E-state index is 12.6. The molecule has 0 radical (unpaired) electrons. The van der Waals surface area contributed by atoms with E-state index >= 15 is 0 Å². The summed E-state index contributed by atoms with van der Waals surface area (Å²) in [5, 5.41) is 4.94. The zero-order chi connectivity index (χ0) is 21.6. The molecule has 0 aliphatic heterocycles. The van der Waals surface area contributed by atoms with E-state index in [1.165, 1.54) is 11.1 Å². The third kappa shape index (κ3) is 4.62. The van der Waals surface area contributed by atoms with E-state index in [2.05, 4.69) is 48.4 Å². The minimum absolute atomic E-state index is 0.172. The van der Waals surface area contributed by atoms with Crippen LogP contribution in [0.5, 0.6) is 0 Å². The van der Waals surface area contributed by atoms with Gasteiger partial charge >= 0.3 is 0 Å². The van der Waals surface area contributed by atoms with E-state index in [9.17, 15) is 4.79 Å². The van der Waals surface area contributed by atoms with Crippen LogP contribution in [0.15, 0.2) is 103 Å². The number of benzene rings is 3. The highest BCUT2D eigenvalue weighted by atomic mass is 16.1. The Morgan fingerprint density at radius 1 is 0.839 bits per heavy atom. The van der Waals surface area contributed by atoms with Gasteiger partial charge in [0.25, 0.3) is 0 Å². The summed E-state index contributed by atoms with van der Waals surface area (Å²) in [6, 6.07) is 24.3. The van der Waals surface area contributed by atoms with Crippen molar-refractivity contribution < 1.29 is 4.79 Å². The number of hydrogen-bond donors (Lipinski definition) is 1. The molecule has 1 aromatic heterocycles.